The Morgan fingerprint density at radius 3 is 2.76 bits per heavy atom. The minimum Gasteiger partial charge on any atom is -0.444 e. The lowest BCUT2D eigenvalue weighted by molar-refractivity contribution is -0.118. The summed E-state index contributed by atoms with van der Waals surface area (Å²) < 4.78 is 16.4. The lowest BCUT2D eigenvalue weighted by atomic mass is 9.85. The van der Waals surface area contributed by atoms with E-state index in [0.717, 1.165) is 30.0 Å². The Bertz CT molecular complexity index is 553. The van der Waals surface area contributed by atoms with Crippen molar-refractivity contribution in [3.8, 4) is 11.3 Å². The molecule has 1 N–H and O–H groups in total. The average molecular weight is 288 g/mol. The van der Waals surface area contributed by atoms with Crippen molar-refractivity contribution < 1.29 is 13.9 Å². The van der Waals surface area contributed by atoms with E-state index < -0.39 is 0 Å². The first-order valence-corrected chi connectivity index (χ1v) is 7.21. The third-order valence-electron chi connectivity index (χ3n) is 3.86. The van der Waals surface area contributed by atoms with Gasteiger partial charge >= 0.3 is 0 Å². The Kier molecular flexibility index (Phi) is 4.22. The Morgan fingerprint density at radius 2 is 2.14 bits per heavy atom. The first-order valence-electron chi connectivity index (χ1n) is 7.21. The molecule has 0 amide bonds. The SMILES string of the molecule is CCOC1CC(Nc2ccc(-c3cnco3)cc2)C1OC. The van der Waals surface area contributed by atoms with Crippen molar-refractivity contribution in [2.75, 3.05) is 19.0 Å². The van der Waals surface area contributed by atoms with Gasteiger partial charge in [-0.05, 0) is 37.6 Å². The molecule has 2 aromatic rings. The van der Waals surface area contributed by atoms with E-state index in [0.29, 0.717) is 6.04 Å². The van der Waals surface area contributed by atoms with E-state index in [1.807, 2.05) is 31.2 Å². The molecule has 0 saturated heterocycles. The monoisotopic (exact) mass is 288 g/mol. The predicted octanol–water partition coefficient (Wildman–Crippen LogP) is 2.95. The van der Waals surface area contributed by atoms with Crippen LogP contribution in [0.1, 0.15) is 13.3 Å². The summed E-state index contributed by atoms with van der Waals surface area (Å²) in [7, 11) is 1.73. The van der Waals surface area contributed by atoms with E-state index in [1.54, 1.807) is 13.3 Å². The second-order valence-electron chi connectivity index (χ2n) is 5.12. The van der Waals surface area contributed by atoms with E-state index >= 15 is 0 Å². The fraction of sp³-hybridized carbons (Fsp3) is 0.438. The number of methoxy groups -OCH3 is 1. The van der Waals surface area contributed by atoms with Crippen molar-refractivity contribution in [1.82, 2.24) is 4.98 Å². The van der Waals surface area contributed by atoms with Gasteiger partial charge in [0.05, 0.1) is 18.3 Å². The lowest BCUT2D eigenvalue weighted by Crippen LogP contribution is -2.56. The number of oxazole rings is 1. The predicted molar refractivity (Wildman–Crippen MR) is 80.2 cm³/mol. The molecule has 5 heteroatoms. The second-order valence-corrected chi connectivity index (χ2v) is 5.12. The van der Waals surface area contributed by atoms with E-state index in [-0.39, 0.29) is 12.2 Å². The number of benzene rings is 1. The van der Waals surface area contributed by atoms with Crippen molar-refractivity contribution in [2.45, 2.75) is 31.6 Å². The average Bonchev–Trinajstić information content (AvgIpc) is 3.01. The highest BCUT2D eigenvalue weighted by atomic mass is 16.5. The quantitative estimate of drug-likeness (QED) is 0.885. The first kappa shape index (κ1) is 14.1. The van der Waals surface area contributed by atoms with Gasteiger partial charge in [-0.15, -0.1) is 0 Å². The van der Waals surface area contributed by atoms with E-state index in [2.05, 4.69) is 10.3 Å². The molecular formula is C16H20N2O3. The maximum absolute atomic E-state index is 5.63. The van der Waals surface area contributed by atoms with Crippen LogP contribution in [0.3, 0.4) is 0 Å². The molecule has 3 atom stereocenters. The molecule has 1 saturated carbocycles. The zero-order chi connectivity index (χ0) is 14.7. The fourth-order valence-electron chi connectivity index (χ4n) is 2.72. The molecule has 3 unspecified atom stereocenters. The van der Waals surface area contributed by atoms with Crippen LogP contribution < -0.4 is 5.32 Å². The van der Waals surface area contributed by atoms with Crippen LogP contribution in [0, 0.1) is 0 Å². The molecule has 0 bridgehead atoms. The van der Waals surface area contributed by atoms with Gasteiger partial charge in [-0.1, -0.05) is 0 Å². The molecule has 5 nitrogen and oxygen atoms in total. The number of hydrogen-bond donors (Lipinski definition) is 1. The molecule has 21 heavy (non-hydrogen) atoms. The Hall–Kier alpha value is -1.85. The Balaban J connectivity index is 1.61. The number of hydrogen-bond acceptors (Lipinski definition) is 5. The Labute approximate surface area is 124 Å². The molecule has 3 rings (SSSR count). The number of rotatable bonds is 6. The summed E-state index contributed by atoms with van der Waals surface area (Å²) in [6.45, 7) is 2.73. The molecule has 1 fully saturated rings. The summed E-state index contributed by atoms with van der Waals surface area (Å²) in [6.07, 6.45) is 4.43. The first-order chi connectivity index (χ1) is 10.3. The molecule has 1 aliphatic carbocycles. The fourth-order valence-corrected chi connectivity index (χ4v) is 2.72. The third-order valence-corrected chi connectivity index (χ3v) is 3.86. The Morgan fingerprint density at radius 1 is 1.33 bits per heavy atom. The van der Waals surface area contributed by atoms with Crippen LogP contribution in [0.25, 0.3) is 11.3 Å². The van der Waals surface area contributed by atoms with Gasteiger partial charge in [0, 0.05) is 25.0 Å². The van der Waals surface area contributed by atoms with Gasteiger partial charge in [0.1, 0.15) is 6.10 Å². The second kappa shape index (κ2) is 6.28. The molecule has 0 aliphatic heterocycles. The van der Waals surface area contributed by atoms with Crippen LogP contribution in [-0.4, -0.2) is 37.0 Å². The maximum atomic E-state index is 5.63. The zero-order valence-electron chi connectivity index (χ0n) is 12.3. The van der Waals surface area contributed by atoms with Crippen molar-refractivity contribution >= 4 is 5.69 Å². The summed E-state index contributed by atoms with van der Waals surface area (Å²) >= 11 is 0. The normalized spacial score (nSPS) is 24.6. The van der Waals surface area contributed by atoms with E-state index in [9.17, 15) is 0 Å². The van der Waals surface area contributed by atoms with Crippen molar-refractivity contribution in [2.24, 2.45) is 0 Å². The van der Waals surface area contributed by atoms with Gasteiger partial charge in [-0.25, -0.2) is 4.98 Å². The molecule has 112 valence electrons. The zero-order valence-corrected chi connectivity index (χ0v) is 12.3. The molecule has 1 aliphatic rings. The molecule has 0 spiro atoms. The van der Waals surface area contributed by atoms with Crippen molar-refractivity contribution in [3.05, 3.63) is 36.9 Å². The standard InChI is InChI=1S/C16H20N2O3/c1-3-20-14-8-13(16(14)19-2)18-12-6-4-11(5-7-12)15-9-17-10-21-15/h4-7,9-10,13-14,16,18H,3,8H2,1-2H3. The van der Waals surface area contributed by atoms with Crippen molar-refractivity contribution in [1.29, 1.82) is 0 Å². The van der Waals surface area contributed by atoms with Gasteiger partial charge < -0.3 is 19.2 Å². The summed E-state index contributed by atoms with van der Waals surface area (Å²) in [4.78, 5) is 3.93. The number of anilines is 1. The van der Waals surface area contributed by atoms with Crippen LogP contribution in [0.15, 0.2) is 41.3 Å². The maximum Gasteiger partial charge on any atom is 0.181 e. The molecule has 1 heterocycles. The van der Waals surface area contributed by atoms with Crippen LogP contribution in [0.2, 0.25) is 0 Å². The van der Waals surface area contributed by atoms with Crippen LogP contribution in [0.5, 0.6) is 0 Å². The summed E-state index contributed by atoms with van der Waals surface area (Å²) in [6, 6.07) is 8.41. The topological polar surface area (TPSA) is 56.5 Å². The van der Waals surface area contributed by atoms with Crippen LogP contribution in [-0.2, 0) is 9.47 Å². The minimum absolute atomic E-state index is 0.110. The van der Waals surface area contributed by atoms with Gasteiger partial charge in [-0.3, -0.25) is 0 Å². The molecule has 1 aromatic heterocycles. The number of ether oxygens (including phenoxy) is 2. The van der Waals surface area contributed by atoms with Crippen LogP contribution in [0.4, 0.5) is 5.69 Å². The highest BCUT2D eigenvalue weighted by Gasteiger charge is 2.42. The third kappa shape index (κ3) is 2.94. The lowest BCUT2D eigenvalue weighted by Gasteiger charge is -2.43. The largest absolute Gasteiger partial charge is 0.444 e. The van der Waals surface area contributed by atoms with Gasteiger partial charge in [0.15, 0.2) is 12.2 Å². The highest BCUT2D eigenvalue weighted by Crippen LogP contribution is 2.30. The van der Waals surface area contributed by atoms with E-state index in [4.69, 9.17) is 13.9 Å². The van der Waals surface area contributed by atoms with Gasteiger partial charge in [0.2, 0.25) is 0 Å². The number of nitrogens with one attached hydrogen (secondary N) is 1. The summed E-state index contributed by atoms with van der Waals surface area (Å²) in [5.41, 5.74) is 2.09. The molecule has 1 aromatic carbocycles. The summed E-state index contributed by atoms with van der Waals surface area (Å²) in [5, 5.41) is 3.49. The minimum atomic E-state index is 0.110. The number of aromatic nitrogens is 1. The van der Waals surface area contributed by atoms with Crippen LogP contribution >= 0.6 is 0 Å². The summed E-state index contributed by atoms with van der Waals surface area (Å²) in [5.74, 6) is 0.774. The number of nitrogens with zero attached hydrogens (tertiary/aromatic N) is 1. The molecular weight excluding hydrogens is 268 g/mol. The van der Waals surface area contributed by atoms with Gasteiger partial charge in [0.25, 0.3) is 0 Å². The molecule has 0 radical (unpaired) electrons. The van der Waals surface area contributed by atoms with E-state index in [1.165, 1.54) is 6.39 Å². The highest BCUT2D eigenvalue weighted by molar-refractivity contribution is 5.60. The van der Waals surface area contributed by atoms with Crippen molar-refractivity contribution in [3.63, 3.8) is 0 Å². The van der Waals surface area contributed by atoms with Gasteiger partial charge in [-0.2, -0.15) is 0 Å². The smallest absolute Gasteiger partial charge is 0.181 e.